The summed E-state index contributed by atoms with van der Waals surface area (Å²) in [5.74, 6) is -0.0250. The molecule has 1 aliphatic heterocycles. The first-order valence-corrected chi connectivity index (χ1v) is 14.2. The Morgan fingerprint density at radius 3 is 2.56 bits per heavy atom. The van der Waals surface area contributed by atoms with Gasteiger partial charge in [-0.3, -0.25) is 10.1 Å². The Morgan fingerprint density at radius 2 is 1.85 bits per heavy atom. The third kappa shape index (κ3) is 7.46. The summed E-state index contributed by atoms with van der Waals surface area (Å²) in [6, 6.07) is 21.1. The van der Waals surface area contributed by atoms with E-state index in [0.29, 0.717) is 31.9 Å². The maximum Gasteiger partial charge on any atom is 0.297 e. The first kappa shape index (κ1) is 29.7. The lowest BCUT2D eigenvalue weighted by Gasteiger charge is -2.36. The molecule has 3 aromatic rings. The molecule has 4 N–H and O–H groups in total. The van der Waals surface area contributed by atoms with Gasteiger partial charge in [-0.25, -0.2) is 0 Å². The highest BCUT2D eigenvalue weighted by Gasteiger charge is 2.34. The number of morpholine rings is 1. The molecule has 210 valence electrons. The zero-order valence-corrected chi connectivity index (χ0v) is 23.9. The van der Waals surface area contributed by atoms with Gasteiger partial charge in [0.2, 0.25) is 0 Å². The fraction of sp³-hybridized carbons (Fsp3) is 0.393. The molecule has 1 saturated heterocycles. The van der Waals surface area contributed by atoms with Gasteiger partial charge in [0.1, 0.15) is 0 Å². The second-order valence-corrected chi connectivity index (χ2v) is 11.4. The molecule has 11 heteroatoms. The number of amides is 1. The summed E-state index contributed by atoms with van der Waals surface area (Å²) in [4.78, 5) is 17.4. The highest BCUT2D eigenvalue weighted by molar-refractivity contribution is 7.18. The summed E-state index contributed by atoms with van der Waals surface area (Å²) in [5, 5.41) is 18.7. The van der Waals surface area contributed by atoms with Crippen molar-refractivity contribution in [3.05, 3.63) is 82.0 Å². The van der Waals surface area contributed by atoms with Crippen LogP contribution in [0.2, 0.25) is 0 Å². The lowest BCUT2D eigenvalue weighted by atomic mass is 9.98. The first-order valence-electron chi connectivity index (χ1n) is 12.8. The quantitative estimate of drug-likeness (QED) is 0.202. The lowest BCUT2D eigenvalue weighted by Crippen LogP contribution is -2.53. The topological polar surface area (TPSA) is 85.9 Å². The van der Waals surface area contributed by atoms with Crippen LogP contribution in [-0.2, 0) is 4.74 Å². The molecule has 0 saturated carbocycles. The number of benzene rings is 2. The standard InChI is InChI=1S/C28H35F2N4O3PS/c1-18(23-12-13-24(39-23)25(31-2)33-27(36)28(29,30)38)32-16-20-17-37-15-14-34(20)26(35)22-11-7-6-10-21(22)19-8-4-3-5-9-19/h3-13,18,20,25,27,31-33,36H,14-17,38H2,1-2H3. The van der Waals surface area contributed by atoms with E-state index >= 15 is 0 Å². The number of carbonyl (C=O) groups excluding carboxylic acids is 1. The van der Waals surface area contributed by atoms with Crippen LogP contribution in [0.3, 0.4) is 0 Å². The molecule has 1 fully saturated rings. The number of halogens is 2. The van der Waals surface area contributed by atoms with Crippen molar-refractivity contribution >= 4 is 26.5 Å². The molecule has 7 nitrogen and oxygen atoms in total. The van der Waals surface area contributed by atoms with Crippen LogP contribution in [0.5, 0.6) is 0 Å². The van der Waals surface area contributed by atoms with Crippen molar-refractivity contribution in [3.8, 4) is 11.1 Å². The molecule has 0 bridgehead atoms. The average Bonchev–Trinajstić information content (AvgIpc) is 3.44. The van der Waals surface area contributed by atoms with Crippen LogP contribution in [0, 0.1) is 0 Å². The zero-order chi connectivity index (χ0) is 28.0. The van der Waals surface area contributed by atoms with Gasteiger partial charge in [-0.2, -0.15) is 8.78 Å². The highest BCUT2D eigenvalue weighted by atomic mass is 32.1. The van der Waals surface area contributed by atoms with E-state index in [9.17, 15) is 18.7 Å². The molecule has 4 rings (SSSR count). The maximum absolute atomic E-state index is 13.7. The minimum absolute atomic E-state index is 0.0250. The summed E-state index contributed by atoms with van der Waals surface area (Å²) in [7, 11) is 2.98. The van der Waals surface area contributed by atoms with Gasteiger partial charge < -0.3 is 25.4 Å². The van der Waals surface area contributed by atoms with Crippen molar-refractivity contribution in [2.45, 2.75) is 37.1 Å². The summed E-state index contributed by atoms with van der Waals surface area (Å²) >= 11 is 1.45. The van der Waals surface area contributed by atoms with Gasteiger partial charge in [0, 0.05) is 34.4 Å². The summed E-state index contributed by atoms with van der Waals surface area (Å²) < 4.78 is 32.6. The van der Waals surface area contributed by atoms with Crippen molar-refractivity contribution in [1.82, 2.24) is 20.9 Å². The second kappa shape index (κ2) is 13.4. The van der Waals surface area contributed by atoms with Crippen LogP contribution in [0.1, 0.15) is 39.2 Å². The molecule has 0 aliphatic carbocycles. The number of carbonyl (C=O) groups is 1. The third-order valence-corrected chi connectivity index (χ3v) is 8.38. The van der Waals surface area contributed by atoms with Gasteiger partial charge in [0.25, 0.3) is 11.6 Å². The van der Waals surface area contributed by atoms with Crippen LogP contribution in [0.4, 0.5) is 8.78 Å². The summed E-state index contributed by atoms with van der Waals surface area (Å²) in [6.07, 6.45) is -2.65. The number of nitrogens with zero attached hydrogens (tertiary/aromatic N) is 1. The molecule has 2 aromatic carbocycles. The first-order chi connectivity index (χ1) is 18.7. The van der Waals surface area contributed by atoms with E-state index in [2.05, 4.69) is 16.0 Å². The Hall–Kier alpha value is -2.30. The maximum atomic E-state index is 13.7. The van der Waals surface area contributed by atoms with Gasteiger partial charge in [-0.15, -0.1) is 11.3 Å². The molecule has 1 aromatic heterocycles. The van der Waals surface area contributed by atoms with E-state index in [1.807, 2.05) is 78.6 Å². The van der Waals surface area contributed by atoms with Crippen molar-refractivity contribution in [1.29, 1.82) is 0 Å². The van der Waals surface area contributed by atoms with E-state index in [-0.39, 0.29) is 18.0 Å². The van der Waals surface area contributed by atoms with E-state index in [4.69, 9.17) is 4.74 Å². The summed E-state index contributed by atoms with van der Waals surface area (Å²) in [5.41, 5.74) is -0.792. The van der Waals surface area contributed by atoms with Crippen LogP contribution >= 0.6 is 20.6 Å². The van der Waals surface area contributed by atoms with Crippen LogP contribution in [-0.4, -0.2) is 67.2 Å². The van der Waals surface area contributed by atoms with Crippen LogP contribution in [0.25, 0.3) is 11.1 Å². The lowest BCUT2D eigenvalue weighted by molar-refractivity contribution is -0.0601. The Balaban J connectivity index is 1.42. The van der Waals surface area contributed by atoms with Crippen molar-refractivity contribution in [2.24, 2.45) is 0 Å². The monoisotopic (exact) mass is 576 g/mol. The minimum Gasteiger partial charge on any atom is -0.377 e. The SMILES string of the molecule is CNC(NC(O)C(F)(F)P)c1ccc(C(C)NCC2COCCN2C(=O)c2ccccc2-c2ccccc2)s1. The highest BCUT2D eigenvalue weighted by Crippen LogP contribution is 2.30. The fourth-order valence-electron chi connectivity index (χ4n) is 4.53. The molecular formula is C28H35F2N4O3PS. The molecule has 5 atom stereocenters. The second-order valence-electron chi connectivity index (χ2n) is 9.47. The predicted octanol–water partition coefficient (Wildman–Crippen LogP) is 4.20. The Bertz CT molecular complexity index is 1230. The van der Waals surface area contributed by atoms with Crippen LogP contribution in [0.15, 0.2) is 66.7 Å². The van der Waals surface area contributed by atoms with Gasteiger partial charge in [0.15, 0.2) is 6.23 Å². The Morgan fingerprint density at radius 1 is 1.15 bits per heavy atom. The molecule has 5 unspecified atom stereocenters. The van der Waals surface area contributed by atoms with E-state index < -0.39 is 18.1 Å². The predicted molar refractivity (Wildman–Crippen MR) is 154 cm³/mol. The van der Waals surface area contributed by atoms with Gasteiger partial charge in [-0.1, -0.05) is 57.8 Å². The number of hydrogen-bond donors (Lipinski definition) is 4. The normalized spacial score (nSPS) is 18.5. The molecule has 0 radical (unpaired) electrons. The average molecular weight is 577 g/mol. The van der Waals surface area contributed by atoms with Crippen molar-refractivity contribution in [3.63, 3.8) is 0 Å². The van der Waals surface area contributed by atoms with E-state index in [1.54, 1.807) is 7.05 Å². The molecule has 0 spiro atoms. The third-order valence-electron chi connectivity index (χ3n) is 6.73. The number of hydrogen-bond acceptors (Lipinski definition) is 7. The molecule has 2 heterocycles. The Kier molecular flexibility index (Phi) is 10.2. The van der Waals surface area contributed by atoms with Gasteiger partial charge in [0.05, 0.1) is 25.4 Å². The number of aliphatic hydroxyl groups excluding tert-OH is 1. The Labute approximate surface area is 234 Å². The van der Waals surface area contributed by atoms with Gasteiger partial charge >= 0.3 is 0 Å². The molecular weight excluding hydrogens is 541 g/mol. The number of thiophene rings is 1. The minimum atomic E-state index is -3.35. The largest absolute Gasteiger partial charge is 0.377 e. The summed E-state index contributed by atoms with van der Waals surface area (Å²) in [6.45, 7) is 3.97. The van der Waals surface area contributed by atoms with E-state index in [1.165, 1.54) is 20.6 Å². The fourth-order valence-corrected chi connectivity index (χ4v) is 5.74. The molecule has 1 aliphatic rings. The number of nitrogens with one attached hydrogen (secondary N) is 3. The number of alkyl halides is 2. The molecule has 39 heavy (non-hydrogen) atoms. The van der Waals surface area contributed by atoms with Crippen molar-refractivity contribution in [2.75, 3.05) is 33.4 Å². The smallest absolute Gasteiger partial charge is 0.297 e. The number of rotatable bonds is 11. The number of aliphatic hydroxyl groups is 1. The van der Waals surface area contributed by atoms with E-state index in [0.717, 1.165) is 20.9 Å². The zero-order valence-electron chi connectivity index (χ0n) is 21.9. The van der Waals surface area contributed by atoms with Crippen LogP contribution < -0.4 is 16.0 Å². The van der Waals surface area contributed by atoms with Gasteiger partial charge in [-0.05, 0) is 43.3 Å². The van der Waals surface area contributed by atoms with Crippen molar-refractivity contribution < 1.29 is 23.4 Å². The number of ether oxygens (including phenoxy) is 1. The molecule has 1 amide bonds.